The molecule has 0 bridgehead atoms. The molecule has 16 heavy (non-hydrogen) atoms. The van der Waals surface area contributed by atoms with Gasteiger partial charge in [-0.2, -0.15) is 0 Å². The molecule has 2 aromatic rings. The summed E-state index contributed by atoms with van der Waals surface area (Å²) in [6.07, 6.45) is 0. The molecule has 0 spiro atoms. The van der Waals surface area contributed by atoms with Gasteiger partial charge in [-0.25, -0.2) is 4.99 Å². The largest absolute Gasteiger partial charge is 0.250 e. The van der Waals surface area contributed by atoms with Gasteiger partial charge in [0.2, 0.25) is 0 Å². The lowest BCUT2D eigenvalue weighted by atomic mass is 10.0. The summed E-state index contributed by atoms with van der Waals surface area (Å²) in [5.74, 6) is 0. The van der Waals surface area contributed by atoms with Crippen LogP contribution in [0.2, 0.25) is 0 Å². The predicted octanol–water partition coefficient (Wildman–Crippen LogP) is 4.18. The van der Waals surface area contributed by atoms with Crippen molar-refractivity contribution in [2.75, 3.05) is 0 Å². The zero-order valence-corrected chi connectivity index (χ0v) is 9.52. The highest BCUT2D eigenvalue weighted by atomic mass is 32.2. The van der Waals surface area contributed by atoms with Gasteiger partial charge in [0.1, 0.15) is 0 Å². The van der Waals surface area contributed by atoms with Crippen molar-refractivity contribution in [3.8, 4) is 0 Å². The Hall–Kier alpha value is -1.54. The highest BCUT2D eigenvalue weighted by Crippen LogP contribution is 2.42. The van der Waals surface area contributed by atoms with Crippen LogP contribution in [-0.4, -0.2) is 5.55 Å². The first-order valence-corrected chi connectivity index (χ1v) is 6.21. The summed E-state index contributed by atoms with van der Waals surface area (Å²) in [5.41, 5.74) is 5.68. The van der Waals surface area contributed by atoms with Crippen molar-refractivity contribution >= 4 is 23.0 Å². The van der Waals surface area contributed by atoms with Crippen molar-refractivity contribution < 1.29 is 0 Å². The standard InChI is InChI=1S/C14H11NS/c1-2-6-11(7-3-1)14-12-8-4-5-9-13(12)15-10-16-14/h1-10,14H. The molecule has 1 unspecified atom stereocenters. The van der Waals surface area contributed by atoms with Crippen LogP contribution in [0.3, 0.4) is 0 Å². The number of hydrogen-bond donors (Lipinski definition) is 0. The molecule has 1 nitrogen and oxygen atoms in total. The van der Waals surface area contributed by atoms with Crippen LogP contribution in [0.5, 0.6) is 0 Å². The van der Waals surface area contributed by atoms with Crippen LogP contribution in [0.1, 0.15) is 16.4 Å². The maximum Gasteiger partial charge on any atom is 0.0682 e. The summed E-state index contributed by atoms with van der Waals surface area (Å²) in [7, 11) is 0. The lowest BCUT2D eigenvalue weighted by Gasteiger charge is -2.20. The maximum atomic E-state index is 4.41. The Bertz CT molecular complexity index is 519. The third-order valence-corrected chi connectivity index (χ3v) is 3.74. The second-order valence-corrected chi connectivity index (χ2v) is 4.67. The zero-order valence-electron chi connectivity index (χ0n) is 8.71. The number of fused-ring (bicyclic) bond motifs is 1. The number of aliphatic imine (C=N–C) groups is 1. The van der Waals surface area contributed by atoms with E-state index < -0.39 is 0 Å². The Morgan fingerprint density at radius 3 is 2.50 bits per heavy atom. The number of hydrogen-bond acceptors (Lipinski definition) is 2. The molecule has 3 rings (SSSR count). The summed E-state index contributed by atoms with van der Waals surface area (Å²) < 4.78 is 0. The zero-order chi connectivity index (χ0) is 10.8. The van der Waals surface area contributed by atoms with Gasteiger partial charge in [-0.05, 0) is 17.2 Å². The topological polar surface area (TPSA) is 12.4 Å². The van der Waals surface area contributed by atoms with Gasteiger partial charge in [-0.1, -0.05) is 48.5 Å². The summed E-state index contributed by atoms with van der Waals surface area (Å²) in [4.78, 5) is 4.41. The molecule has 0 aliphatic carbocycles. The molecular formula is C14H11NS. The van der Waals surface area contributed by atoms with Gasteiger partial charge in [0.25, 0.3) is 0 Å². The molecular weight excluding hydrogens is 214 g/mol. The third-order valence-electron chi connectivity index (χ3n) is 2.71. The van der Waals surface area contributed by atoms with E-state index in [-0.39, 0.29) is 0 Å². The molecule has 1 atom stereocenters. The monoisotopic (exact) mass is 225 g/mol. The Morgan fingerprint density at radius 1 is 0.875 bits per heavy atom. The highest BCUT2D eigenvalue weighted by Gasteiger charge is 2.19. The van der Waals surface area contributed by atoms with Crippen LogP contribution in [0.15, 0.2) is 59.6 Å². The van der Waals surface area contributed by atoms with Gasteiger partial charge in [-0.3, -0.25) is 0 Å². The summed E-state index contributed by atoms with van der Waals surface area (Å²) >= 11 is 1.77. The van der Waals surface area contributed by atoms with Crippen LogP contribution in [0.25, 0.3) is 0 Å². The minimum atomic E-state index is 0.384. The Morgan fingerprint density at radius 2 is 1.62 bits per heavy atom. The molecule has 1 heterocycles. The Kier molecular flexibility index (Phi) is 2.50. The predicted molar refractivity (Wildman–Crippen MR) is 70.5 cm³/mol. The highest BCUT2D eigenvalue weighted by molar-refractivity contribution is 8.12. The van der Waals surface area contributed by atoms with Gasteiger partial charge >= 0.3 is 0 Å². The second-order valence-electron chi connectivity index (χ2n) is 3.72. The van der Waals surface area contributed by atoms with E-state index in [2.05, 4.69) is 53.5 Å². The van der Waals surface area contributed by atoms with E-state index in [1.165, 1.54) is 11.1 Å². The SMILES string of the molecule is C1=Nc2ccccc2C(c2ccccc2)S1. The van der Waals surface area contributed by atoms with Crippen LogP contribution in [0, 0.1) is 0 Å². The fourth-order valence-electron chi connectivity index (χ4n) is 1.93. The number of para-hydroxylation sites is 1. The van der Waals surface area contributed by atoms with Gasteiger partial charge in [0.05, 0.1) is 16.5 Å². The fraction of sp³-hybridized carbons (Fsp3) is 0.0714. The maximum absolute atomic E-state index is 4.41. The lowest BCUT2D eigenvalue weighted by molar-refractivity contribution is 1.15. The van der Waals surface area contributed by atoms with Gasteiger partial charge in [-0.15, -0.1) is 11.8 Å². The van der Waals surface area contributed by atoms with Crippen LogP contribution in [0.4, 0.5) is 5.69 Å². The normalized spacial score (nSPS) is 18.1. The summed E-state index contributed by atoms with van der Waals surface area (Å²) in [6.45, 7) is 0. The first-order valence-electron chi connectivity index (χ1n) is 5.27. The summed E-state index contributed by atoms with van der Waals surface area (Å²) in [6, 6.07) is 18.9. The fourth-order valence-corrected chi connectivity index (χ4v) is 2.89. The van der Waals surface area contributed by atoms with E-state index in [0.717, 1.165) is 5.69 Å². The quantitative estimate of drug-likeness (QED) is 0.709. The van der Waals surface area contributed by atoms with Crippen molar-refractivity contribution in [1.82, 2.24) is 0 Å². The van der Waals surface area contributed by atoms with E-state index in [1.807, 2.05) is 11.6 Å². The minimum absolute atomic E-state index is 0.384. The van der Waals surface area contributed by atoms with Crippen LogP contribution < -0.4 is 0 Å². The number of thioether (sulfide) groups is 1. The molecule has 0 amide bonds. The van der Waals surface area contributed by atoms with E-state index in [4.69, 9.17) is 0 Å². The van der Waals surface area contributed by atoms with Crippen molar-refractivity contribution in [3.05, 3.63) is 65.7 Å². The van der Waals surface area contributed by atoms with Crippen molar-refractivity contribution in [2.45, 2.75) is 5.25 Å². The molecule has 0 N–H and O–H groups in total. The molecule has 0 fully saturated rings. The lowest BCUT2D eigenvalue weighted by Crippen LogP contribution is -2.00. The minimum Gasteiger partial charge on any atom is -0.250 e. The molecule has 2 aromatic carbocycles. The molecule has 1 aliphatic heterocycles. The third kappa shape index (κ3) is 1.65. The molecule has 0 radical (unpaired) electrons. The van der Waals surface area contributed by atoms with Gasteiger partial charge < -0.3 is 0 Å². The first kappa shape index (κ1) is 9.67. The first-order chi connectivity index (χ1) is 7.95. The number of rotatable bonds is 1. The van der Waals surface area contributed by atoms with Crippen LogP contribution in [-0.2, 0) is 0 Å². The Labute approximate surface area is 99.2 Å². The average Bonchev–Trinajstić information content (AvgIpc) is 2.39. The van der Waals surface area contributed by atoms with E-state index in [1.54, 1.807) is 11.8 Å². The van der Waals surface area contributed by atoms with E-state index in [0.29, 0.717) is 5.25 Å². The smallest absolute Gasteiger partial charge is 0.0682 e. The number of nitrogens with zero attached hydrogens (tertiary/aromatic N) is 1. The second kappa shape index (κ2) is 4.14. The molecule has 78 valence electrons. The van der Waals surface area contributed by atoms with Crippen molar-refractivity contribution in [1.29, 1.82) is 0 Å². The van der Waals surface area contributed by atoms with E-state index >= 15 is 0 Å². The Balaban J connectivity index is 2.09. The van der Waals surface area contributed by atoms with Crippen molar-refractivity contribution in [2.24, 2.45) is 4.99 Å². The van der Waals surface area contributed by atoms with Gasteiger partial charge in [0, 0.05) is 0 Å². The number of benzene rings is 2. The molecule has 2 heteroatoms. The van der Waals surface area contributed by atoms with Crippen LogP contribution >= 0.6 is 11.8 Å². The molecule has 0 saturated heterocycles. The molecule has 0 saturated carbocycles. The van der Waals surface area contributed by atoms with E-state index in [9.17, 15) is 0 Å². The molecule has 0 aromatic heterocycles. The average molecular weight is 225 g/mol. The van der Waals surface area contributed by atoms with Gasteiger partial charge in [0.15, 0.2) is 0 Å². The molecule has 1 aliphatic rings. The summed E-state index contributed by atoms with van der Waals surface area (Å²) in [5, 5.41) is 0.384. The van der Waals surface area contributed by atoms with Crippen molar-refractivity contribution in [3.63, 3.8) is 0 Å².